The van der Waals surface area contributed by atoms with Crippen LogP contribution in [0.1, 0.15) is 52.0 Å². The molecule has 1 heterocycles. The van der Waals surface area contributed by atoms with Crippen molar-refractivity contribution in [3.05, 3.63) is 64.2 Å². The number of halogens is 1. The number of hydrogen-bond donors (Lipinski definition) is 1. The standard InChI is InChI=1S/C22H25ClN2O3/c1-28-22(27)19-14-18(10-11-20(19)23)24-21(26)17-8-6-16(7-9-17)15-25-12-4-2-3-5-13-25/h6-11,14H,2-5,12-13,15H2,1H3,(H,24,26). The van der Waals surface area contributed by atoms with Crippen molar-refractivity contribution < 1.29 is 14.3 Å². The van der Waals surface area contributed by atoms with E-state index in [1.807, 2.05) is 24.3 Å². The van der Waals surface area contributed by atoms with E-state index in [4.69, 9.17) is 16.3 Å². The molecule has 6 heteroatoms. The molecular formula is C22H25ClN2O3. The maximum absolute atomic E-state index is 12.5. The molecule has 0 saturated carbocycles. The second-order valence-electron chi connectivity index (χ2n) is 7.03. The molecule has 0 unspecified atom stereocenters. The van der Waals surface area contributed by atoms with Gasteiger partial charge < -0.3 is 10.1 Å². The van der Waals surface area contributed by atoms with Crippen molar-refractivity contribution in [3.8, 4) is 0 Å². The summed E-state index contributed by atoms with van der Waals surface area (Å²) in [5, 5.41) is 3.08. The Morgan fingerprint density at radius 1 is 1.04 bits per heavy atom. The van der Waals surface area contributed by atoms with Gasteiger partial charge in [-0.05, 0) is 61.8 Å². The van der Waals surface area contributed by atoms with Crippen LogP contribution >= 0.6 is 11.6 Å². The maximum atomic E-state index is 12.5. The molecule has 1 fully saturated rings. The average molecular weight is 401 g/mol. The van der Waals surface area contributed by atoms with E-state index in [2.05, 4.69) is 10.2 Å². The van der Waals surface area contributed by atoms with E-state index >= 15 is 0 Å². The van der Waals surface area contributed by atoms with Crippen molar-refractivity contribution in [1.82, 2.24) is 4.90 Å². The highest BCUT2D eigenvalue weighted by atomic mass is 35.5. The molecule has 0 aromatic heterocycles. The molecule has 1 saturated heterocycles. The van der Waals surface area contributed by atoms with E-state index in [9.17, 15) is 9.59 Å². The predicted molar refractivity (Wildman–Crippen MR) is 111 cm³/mol. The van der Waals surface area contributed by atoms with Gasteiger partial charge in [0.15, 0.2) is 0 Å². The van der Waals surface area contributed by atoms with Crippen LogP contribution in [0.25, 0.3) is 0 Å². The van der Waals surface area contributed by atoms with Crippen LogP contribution in [0.15, 0.2) is 42.5 Å². The van der Waals surface area contributed by atoms with Crippen molar-refractivity contribution in [2.24, 2.45) is 0 Å². The number of carbonyl (C=O) groups excluding carboxylic acids is 2. The number of ether oxygens (including phenoxy) is 1. The number of anilines is 1. The van der Waals surface area contributed by atoms with Crippen molar-refractivity contribution >= 4 is 29.2 Å². The molecule has 1 aliphatic heterocycles. The highest BCUT2D eigenvalue weighted by Crippen LogP contribution is 2.22. The first-order valence-corrected chi connectivity index (χ1v) is 9.95. The van der Waals surface area contributed by atoms with Gasteiger partial charge >= 0.3 is 5.97 Å². The van der Waals surface area contributed by atoms with Gasteiger partial charge in [0.05, 0.1) is 17.7 Å². The lowest BCUT2D eigenvalue weighted by Crippen LogP contribution is -2.24. The van der Waals surface area contributed by atoms with Crippen LogP contribution in [0.4, 0.5) is 5.69 Å². The fraction of sp³-hybridized carbons (Fsp3) is 0.364. The number of carbonyl (C=O) groups is 2. The molecule has 1 N–H and O–H groups in total. The van der Waals surface area contributed by atoms with Crippen LogP contribution in [0.5, 0.6) is 0 Å². The summed E-state index contributed by atoms with van der Waals surface area (Å²) in [6.07, 6.45) is 5.15. The SMILES string of the molecule is COC(=O)c1cc(NC(=O)c2ccc(CN3CCCCCC3)cc2)ccc1Cl. The van der Waals surface area contributed by atoms with Gasteiger partial charge in [-0.15, -0.1) is 0 Å². The van der Waals surface area contributed by atoms with Crippen LogP contribution in [0.2, 0.25) is 5.02 Å². The Labute approximate surface area is 170 Å². The molecule has 0 spiro atoms. The summed E-state index contributed by atoms with van der Waals surface area (Å²) in [5.41, 5.74) is 2.48. The second-order valence-corrected chi connectivity index (χ2v) is 7.43. The molecule has 0 aliphatic carbocycles. The third kappa shape index (κ3) is 5.33. The number of methoxy groups -OCH3 is 1. The molecule has 2 aromatic carbocycles. The van der Waals surface area contributed by atoms with Gasteiger partial charge in [-0.25, -0.2) is 4.79 Å². The molecule has 2 aromatic rings. The van der Waals surface area contributed by atoms with E-state index in [0.29, 0.717) is 11.3 Å². The molecular weight excluding hydrogens is 376 g/mol. The lowest BCUT2D eigenvalue weighted by atomic mass is 10.1. The van der Waals surface area contributed by atoms with Gasteiger partial charge in [-0.3, -0.25) is 9.69 Å². The zero-order chi connectivity index (χ0) is 19.9. The summed E-state index contributed by atoms with van der Waals surface area (Å²) in [6, 6.07) is 12.4. The Kier molecular flexibility index (Phi) is 7.06. The number of rotatable bonds is 5. The first kappa shape index (κ1) is 20.4. The molecule has 0 bridgehead atoms. The number of nitrogens with one attached hydrogen (secondary N) is 1. The van der Waals surface area contributed by atoms with Crippen LogP contribution in [0.3, 0.4) is 0 Å². The number of benzene rings is 2. The normalized spacial score (nSPS) is 14.9. The Hall–Kier alpha value is -2.37. The number of esters is 1. The van der Waals surface area contributed by atoms with Crippen molar-refractivity contribution in [2.45, 2.75) is 32.2 Å². The Balaban J connectivity index is 1.64. The molecule has 148 valence electrons. The van der Waals surface area contributed by atoms with Crippen LogP contribution < -0.4 is 5.32 Å². The molecule has 0 atom stereocenters. The topological polar surface area (TPSA) is 58.6 Å². The Bertz CT molecular complexity index is 828. The van der Waals surface area contributed by atoms with E-state index < -0.39 is 5.97 Å². The van der Waals surface area contributed by atoms with Gasteiger partial charge in [0, 0.05) is 17.8 Å². The summed E-state index contributed by atoms with van der Waals surface area (Å²) >= 11 is 6.01. The third-order valence-electron chi connectivity index (χ3n) is 4.95. The monoisotopic (exact) mass is 400 g/mol. The summed E-state index contributed by atoms with van der Waals surface area (Å²) in [7, 11) is 1.29. The van der Waals surface area contributed by atoms with E-state index in [1.165, 1.54) is 44.4 Å². The zero-order valence-corrected chi connectivity index (χ0v) is 16.8. The minimum absolute atomic E-state index is 0.217. The van der Waals surface area contributed by atoms with Crippen molar-refractivity contribution in [2.75, 3.05) is 25.5 Å². The third-order valence-corrected chi connectivity index (χ3v) is 5.28. The smallest absolute Gasteiger partial charge is 0.339 e. The van der Waals surface area contributed by atoms with Gasteiger partial charge in [0.1, 0.15) is 0 Å². The first-order valence-electron chi connectivity index (χ1n) is 9.57. The summed E-state index contributed by atoms with van der Waals surface area (Å²) in [6.45, 7) is 3.20. The first-order chi connectivity index (χ1) is 13.6. The fourth-order valence-corrected chi connectivity index (χ4v) is 3.58. The van der Waals surface area contributed by atoms with Crippen LogP contribution in [-0.4, -0.2) is 37.0 Å². The summed E-state index contributed by atoms with van der Waals surface area (Å²) in [4.78, 5) is 26.7. The number of likely N-dealkylation sites (tertiary alicyclic amines) is 1. The molecule has 0 radical (unpaired) electrons. The number of amides is 1. The van der Waals surface area contributed by atoms with Gasteiger partial charge in [-0.2, -0.15) is 0 Å². The molecule has 5 nitrogen and oxygen atoms in total. The molecule has 1 aliphatic rings. The van der Waals surface area contributed by atoms with Gasteiger partial charge in [-0.1, -0.05) is 36.6 Å². The van der Waals surface area contributed by atoms with Gasteiger partial charge in [0.25, 0.3) is 5.91 Å². The largest absolute Gasteiger partial charge is 0.465 e. The zero-order valence-electron chi connectivity index (χ0n) is 16.0. The van der Waals surface area contributed by atoms with Gasteiger partial charge in [0.2, 0.25) is 0 Å². The minimum atomic E-state index is -0.543. The van der Waals surface area contributed by atoms with E-state index in [1.54, 1.807) is 12.1 Å². The predicted octanol–water partition coefficient (Wildman–Crippen LogP) is 4.75. The maximum Gasteiger partial charge on any atom is 0.339 e. The molecule has 3 rings (SSSR count). The fourth-order valence-electron chi connectivity index (χ4n) is 3.39. The molecule has 28 heavy (non-hydrogen) atoms. The molecule has 1 amide bonds. The van der Waals surface area contributed by atoms with E-state index in [-0.39, 0.29) is 16.5 Å². The number of nitrogens with zero attached hydrogens (tertiary/aromatic N) is 1. The lowest BCUT2D eigenvalue weighted by molar-refractivity contribution is 0.0600. The van der Waals surface area contributed by atoms with Crippen LogP contribution in [-0.2, 0) is 11.3 Å². The lowest BCUT2D eigenvalue weighted by Gasteiger charge is -2.19. The average Bonchev–Trinajstić information content (AvgIpc) is 2.98. The second kappa shape index (κ2) is 9.71. The van der Waals surface area contributed by atoms with E-state index in [0.717, 1.165) is 19.6 Å². The summed E-state index contributed by atoms with van der Waals surface area (Å²) < 4.78 is 4.70. The number of hydrogen-bond acceptors (Lipinski definition) is 4. The Morgan fingerprint density at radius 3 is 2.36 bits per heavy atom. The Morgan fingerprint density at radius 2 is 1.71 bits per heavy atom. The van der Waals surface area contributed by atoms with Crippen molar-refractivity contribution in [1.29, 1.82) is 0 Å². The highest BCUT2D eigenvalue weighted by Gasteiger charge is 2.14. The van der Waals surface area contributed by atoms with Crippen LogP contribution in [0, 0.1) is 0 Å². The quantitative estimate of drug-likeness (QED) is 0.735. The minimum Gasteiger partial charge on any atom is -0.465 e. The summed E-state index contributed by atoms with van der Waals surface area (Å²) in [5.74, 6) is -0.779. The highest BCUT2D eigenvalue weighted by molar-refractivity contribution is 6.33. The van der Waals surface area contributed by atoms with Crippen molar-refractivity contribution in [3.63, 3.8) is 0 Å².